The van der Waals surface area contributed by atoms with Crippen molar-refractivity contribution in [3.63, 3.8) is 0 Å². The molecule has 1 aromatic carbocycles. The van der Waals surface area contributed by atoms with Crippen molar-refractivity contribution < 1.29 is 9.53 Å². The first-order chi connectivity index (χ1) is 11.7. The van der Waals surface area contributed by atoms with E-state index in [4.69, 9.17) is 4.74 Å². The Hall–Kier alpha value is -2.87. The summed E-state index contributed by atoms with van der Waals surface area (Å²) in [5, 5.41) is 12.5. The highest BCUT2D eigenvalue weighted by Crippen LogP contribution is 2.15. The van der Waals surface area contributed by atoms with E-state index in [0.717, 1.165) is 16.6 Å². The predicted molar refractivity (Wildman–Crippen MR) is 93.0 cm³/mol. The van der Waals surface area contributed by atoms with Crippen LogP contribution in [0.5, 0.6) is 5.75 Å². The normalized spacial score (nSPS) is 10.4. The van der Waals surface area contributed by atoms with Crippen LogP contribution in [0, 0.1) is 0 Å². The lowest BCUT2D eigenvalue weighted by atomic mass is 10.3. The lowest BCUT2D eigenvalue weighted by molar-refractivity contribution is 0.252. The second-order valence-corrected chi connectivity index (χ2v) is 5.77. The number of hydrogen-bond donors (Lipinski definition) is 2. The number of urea groups is 1. The van der Waals surface area contributed by atoms with Gasteiger partial charge in [-0.1, -0.05) is 0 Å². The molecule has 2 heterocycles. The first-order valence-electron chi connectivity index (χ1n) is 7.38. The Morgan fingerprint density at radius 2 is 2.17 bits per heavy atom. The maximum Gasteiger partial charge on any atom is 0.319 e. The summed E-state index contributed by atoms with van der Waals surface area (Å²) >= 11 is 1.52. The number of carbonyl (C=O) groups excluding carboxylic acids is 1. The molecule has 8 heteroatoms. The van der Waals surface area contributed by atoms with E-state index >= 15 is 0 Å². The van der Waals surface area contributed by atoms with E-state index in [1.165, 1.54) is 11.3 Å². The molecule has 0 spiro atoms. The van der Waals surface area contributed by atoms with E-state index in [2.05, 4.69) is 20.7 Å². The quantitative estimate of drug-likeness (QED) is 0.721. The molecule has 0 fully saturated rings. The zero-order chi connectivity index (χ0) is 16.8. The van der Waals surface area contributed by atoms with E-state index in [-0.39, 0.29) is 6.03 Å². The monoisotopic (exact) mass is 343 g/mol. The van der Waals surface area contributed by atoms with E-state index in [0.29, 0.717) is 18.7 Å². The van der Waals surface area contributed by atoms with Crippen LogP contribution >= 0.6 is 11.3 Å². The number of rotatable bonds is 6. The molecule has 0 aliphatic carbocycles. The summed E-state index contributed by atoms with van der Waals surface area (Å²) in [7, 11) is 1.60. The summed E-state index contributed by atoms with van der Waals surface area (Å²) in [5.74, 6) is 0.748. The van der Waals surface area contributed by atoms with Gasteiger partial charge in [-0.3, -0.25) is 0 Å². The SMILES string of the molecule is COc1ccc(NC(=O)NCCc2csc(-n3cccn3)n2)cc1. The Morgan fingerprint density at radius 3 is 2.88 bits per heavy atom. The van der Waals surface area contributed by atoms with Crippen molar-refractivity contribution in [2.75, 3.05) is 19.0 Å². The minimum Gasteiger partial charge on any atom is -0.497 e. The summed E-state index contributed by atoms with van der Waals surface area (Å²) in [4.78, 5) is 16.3. The highest BCUT2D eigenvalue weighted by Gasteiger charge is 2.06. The third kappa shape index (κ3) is 4.11. The largest absolute Gasteiger partial charge is 0.497 e. The molecule has 7 nitrogen and oxygen atoms in total. The first-order valence-corrected chi connectivity index (χ1v) is 8.26. The molecule has 0 atom stereocenters. The average Bonchev–Trinajstić information content (AvgIpc) is 3.27. The number of anilines is 1. The molecule has 0 aliphatic rings. The molecule has 24 heavy (non-hydrogen) atoms. The maximum absolute atomic E-state index is 11.9. The Bertz CT molecular complexity index is 783. The van der Waals surface area contributed by atoms with Crippen LogP contribution < -0.4 is 15.4 Å². The van der Waals surface area contributed by atoms with Crippen molar-refractivity contribution >= 4 is 23.1 Å². The van der Waals surface area contributed by atoms with Gasteiger partial charge in [-0.05, 0) is 30.3 Å². The van der Waals surface area contributed by atoms with Gasteiger partial charge >= 0.3 is 6.03 Å². The Labute approximate surface area is 143 Å². The number of benzene rings is 1. The first kappa shape index (κ1) is 16.0. The van der Waals surface area contributed by atoms with Gasteiger partial charge in [0.2, 0.25) is 5.13 Å². The number of methoxy groups -OCH3 is 1. The number of aromatic nitrogens is 3. The fraction of sp³-hybridized carbons (Fsp3) is 0.188. The molecule has 0 aliphatic heterocycles. The van der Waals surface area contributed by atoms with Gasteiger partial charge in [-0.25, -0.2) is 14.5 Å². The molecule has 2 amide bonds. The highest BCUT2D eigenvalue weighted by molar-refractivity contribution is 7.12. The summed E-state index contributed by atoms with van der Waals surface area (Å²) in [5.41, 5.74) is 1.64. The number of hydrogen-bond acceptors (Lipinski definition) is 5. The fourth-order valence-corrected chi connectivity index (χ4v) is 2.85. The third-order valence-electron chi connectivity index (χ3n) is 3.25. The number of nitrogens with one attached hydrogen (secondary N) is 2. The number of carbonyl (C=O) groups is 1. The van der Waals surface area contributed by atoms with Crippen LogP contribution in [0.25, 0.3) is 5.13 Å². The van der Waals surface area contributed by atoms with Gasteiger partial charge in [-0.15, -0.1) is 11.3 Å². The van der Waals surface area contributed by atoms with Crippen molar-refractivity contribution in [1.82, 2.24) is 20.1 Å². The van der Waals surface area contributed by atoms with Crippen LogP contribution in [0.4, 0.5) is 10.5 Å². The van der Waals surface area contributed by atoms with Crippen LogP contribution in [0.15, 0.2) is 48.1 Å². The smallest absolute Gasteiger partial charge is 0.319 e. The molecule has 2 aromatic heterocycles. The molecular formula is C16H17N5O2S. The van der Waals surface area contributed by atoms with E-state index in [9.17, 15) is 4.79 Å². The summed E-state index contributed by atoms with van der Waals surface area (Å²) < 4.78 is 6.80. The molecule has 0 unspecified atom stereocenters. The molecule has 0 radical (unpaired) electrons. The van der Waals surface area contributed by atoms with Crippen LogP contribution in [-0.2, 0) is 6.42 Å². The van der Waals surface area contributed by atoms with E-state index in [1.807, 2.05) is 17.6 Å². The molecule has 2 N–H and O–H groups in total. The number of amides is 2. The minimum absolute atomic E-state index is 0.248. The molecule has 0 bridgehead atoms. The summed E-state index contributed by atoms with van der Waals surface area (Å²) in [6, 6.07) is 8.77. The fourth-order valence-electron chi connectivity index (χ4n) is 2.05. The zero-order valence-electron chi connectivity index (χ0n) is 13.1. The van der Waals surface area contributed by atoms with Crippen molar-refractivity contribution in [1.29, 1.82) is 0 Å². The topological polar surface area (TPSA) is 81.1 Å². The Kier molecular flexibility index (Phi) is 5.07. The Balaban J connectivity index is 1.45. The molecule has 0 saturated heterocycles. The molecular weight excluding hydrogens is 326 g/mol. The summed E-state index contributed by atoms with van der Waals surface area (Å²) in [6.07, 6.45) is 4.23. The van der Waals surface area contributed by atoms with Gasteiger partial charge in [0.15, 0.2) is 0 Å². The lowest BCUT2D eigenvalue weighted by Crippen LogP contribution is -2.30. The molecule has 124 valence electrons. The van der Waals surface area contributed by atoms with Crippen molar-refractivity contribution in [2.45, 2.75) is 6.42 Å². The zero-order valence-corrected chi connectivity index (χ0v) is 13.9. The standard InChI is InChI=1S/C16H17N5O2S/c1-23-14-5-3-12(4-6-14)19-15(22)17-9-7-13-11-24-16(20-13)21-10-2-8-18-21/h2-6,8,10-11H,7,9H2,1H3,(H2,17,19,22). The van der Waals surface area contributed by atoms with Crippen molar-refractivity contribution in [3.8, 4) is 10.9 Å². The van der Waals surface area contributed by atoms with E-state index in [1.54, 1.807) is 42.3 Å². The minimum atomic E-state index is -0.248. The molecule has 3 aromatic rings. The van der Waals surface area contributed by atoms with Crippen LogP contribution in [-0.4, -0.2) is 34.5 Å². The molecule has 0 saturated carbocycles. The second kappa shape index (κ2) is 7.60. The van der Waals surface area contributed by atoms with Crippen LogP contribution in [0.3, 0.4) is 0 Å². The number of thiazole rings is 1. The summed E-state index contributed by atoms with van der Waals surface area (Å²) in [6.45, 7) is 0.504. The second-order valence-electron chi connectivity index (χ2n) is 4.93. The van der Waals surface area contributed by atoms with E-state index < -0.39 is 0 Å². The van der Waals surface area contributed by atoms with Gasteiger partial charge in [0.25, 0.3) is 0 Å². The van der Waals surface area contributed by atoms with Crippen LogP contribution in [0.1, 0.15) is 5.69 Å². The van der Waals surface area contributed by atoms with Gasteiger partial charge in [0.1, 0.15) is 5.75 Å². The van der Waals surface area contributed by atoms with Gasteiger partial charge < -0.3 is 15.4 Å². The van der Waals surface area contributed by atoms with Gasteiger partial charge in [-0.2, -0.15) is 5.10 Å². The highest BCUT2D eigenvalue weighted by atomic mass is 32.1. The van der Waals surface area contributed by atoms with Gasteiger partial charge in [0.05, 0.1) is 12.8 Å². The lowest BCUT2D eigenvalue weighted by Gasteiger charge is -2.07. The Morgan fingerprint density at radius 1 is 1.33 bits per heavy atom. The third-order valence-corrected chi connectivity index (χ3v) is 4.13. The van der Waals surface area contributed by atoms with Gasteiger partial charge in [0, 0.05) is 36.4 Å². The average molecular weight is 343 g/mol. The maximum atomic E-state index is 11.9. The number of ether oxygens (including phenoxy) is 1. The number of nitrogens with zero attached hydrogens (tertiary/aromatic N) is 3. The van der Waals surface area contributed by atoms with Crippen molar-refractivity contribution in [3.05, 3.63) is 53.8 Å². The molecule has 3 rings (SSSR count). The van der Waals surface area contributed by atoms with Crippen molar-refractivity contribution in [2.24, 2.45) is 0 Å². The predicted octanol–water partition coefficient (Wildman–Crippen LogP) is 2.70. The van der Waals surface area contributed by atoms with Crippen LogP contribution in [0.2, 0.25) is 0 Å².